The van der Waals surface area contributed by atoms with Crippen LogP contribution in [0.1, 0.15) is 22.3 Å². The fraction of sp³-hybridized carbons (Fsp3) is 0.0175. The van der Waals surface area contributed by atoms with Gasteiger partial charge in [-0.3, -0.25) is 4.98 Å². The Labute approximate surface area is 377 Å². The molecule has 5 heterocycles. The summed E-state index contributed by atoms with van der Waals surface area (Å²) in [4.78, 5) is 10.4. The van der Waals surface area contributed by atoms with Crippen LogP contribution < -0.4 is 4.74 Å². The number of benzene rings is 8. The van der Waals surface area contributed by atoms with Gasteiger partial charge < -0.3 is 13.7 Å². The number of nitrogens with zero attached hydrogens (tertiary/aromatic N) is 4. The molecular formula is C57H34N4OPd. The molecule has 1 aliphatic rings. The van der Waals surface area contributed by atoms with Crippen LogP contribution >= 0.6 is 0 Å². The van der Waals surface area contributed by atoms with Crippen molar-refractivity contribution in [2.24, 2.45) is 0 Å². The Morgan fingerprint density at radius 2 is 1.10 bits per heavy atom. The van der Waals surface area contributed by atoms with Crippen molar-refractivity contribution in [3.63, 3.8) is 0 Å². The van der Waals surface area contributed by atoms with E-state index in [1.165, 1.54) is 16.7 Å². The first-order chi connectivity index (χ1) is 30.8. The number of pyridine rings is 2. The average Bonchev–Trinajstić information content (AvgIpc) is 3.92. The van der Waals surface area contributed by atoms with E-state index in [9.17, 15) is 0 Å². The van der Waals surface area contributed by atoms with Gasteiger partial charge in [-0.15, -0.1) is 29.8 Å². The van der Waals surface area contributed by atoms with Gasteiger partial charge >= 0.3 is 20.4 Å². The fourth-order valence-electron chi connectivity index (χ4n) is 10.2. The van der Waals surface area contributed by atoms with E-state index in [1.807, 2.05) is 30.5 Å². The number of aromatic nitrogens is 4. The number of imidazole rings is 1. The fourth-order valence-corrected chi connectivity index (χ4v) is 10.2. The molecule has 0 bridgehead atoms. The van der Waals surface area contributed by atoms with Gasteiger partial charge in [-0.25, -0.2) is 4.98 Å². The molecule has 0 amide bonds. The van der Waals surface area contributed by atoms with Crippen LogP contribution in [-0.4, -0.2) is 18.9 Å². The number of ether oxygens (including phenoxy) is 1. The van der Waals surface area contributed by atoms with Crippen LogP contribution in [0.2, 0.25) is 0 Å². The Morgan fingerprint density at radius 3 is 1.84 bits per heavy atom. The molecule has 0 N–H and O–H groups in total. The zero-order valence-electron chi connectivity index (χ0n) is 33.6. The second kappa shape index (κ2) is 14.5. The average molecular weight is 897 g/mol. The number of rotatable bonds is 6. The maximum absolute atomic E-state index is 6.89. The summed E-state index contributed by atoms with van der Waals surface area (Å²) in [5, 5.41) is 5.28. The summed E-state index contributed by atoms with van der Waals surface area (Å²) in [6.07, 6.45) is 1.87. The molecular weight excluding hydrogens is 863 g/mol. The summed E-state index contributed by atoms with van der Waals surface area (Å²) in [7, 11) is 0. The molecule has 0 saturated heterocycles. The number of hydrogen-bond donors (Lipinski definition) is 0. The van der Waals surface area contributed by atoms with Gasteiger partial charge in [0.2, 0.25) is 0 Å². The van der Waals surface area contributed by atoms with Crippen molar-refractivity contribution in [1.82, 2.24) is 18.9 Å². The third-order valence-electron chi connectivity index (χ3n) is 12.7. The van der Waals surface area contributed by atoms with Crippen LogP contribution in [-0.2, 0) is 25.8 Å². The minimum atomic E-state index is -0.647. The largest absolute Gasteiger partial charge is 2.00 e. The normalized spacial score (nSPS) is 12.8. The number of para-hydroxylation sites is 2. The Morgan fingerprint density at radius 1 is 0.476 bits per heavy atom. The minimum Gasteiger partial charge on any atom is -0.503 e. The summed E-state index contributed by atoms with van der Waals surface area (Å²) in [6, 6.07) is 78.0. The molecule has 12 aromatic rings. The van der Waals surface area contributed by atoms with Gasteiger partial charge in [0.05, 0.1) is 22.6 Å². The molecule has 0 radical (unpaired) electrons. The van der Waals surface area contributed by atoms with Crippen LogP contribution in [0.25, 0.3) is 77.5 Å². The first kappa shape index (κ1) is 37.2. The van der Waals surface area contributed by atoms with Crippen molar-refractivity contribution in [2.75, 3.05) is 0 Å². The predicted octanol–water partition coefficient (Wildman–Crippen LogP) is 13.6. The molecule has 298 valence electrons. The monoisotopic (exact) mass is 896 g/mol. The molecule has 1 aliphatic heterocycles. The molecule has 8 aromatic carbocycles. The van der Waals surface area contributed by atoms with Crippen molar-refractivity contribution < 1.29 is 25.2 Å². The van der Waals surface area contributed by atoms with E-state index >= 15 is 0 Å². The molecule has 0 unspecified atom stereocenters. The van der Waals surface area contributed by atoms with E-state index in [2.05, 4.69) is 197 Å². The Kier molecular flexibility index (Phi) is 8.55. The van der Waals surface area contributed by atoms with E-state index in [-0.39, 0.29) is 20.4 Å². The quantitative estimate of drug-likeness (QED) is 0.0949. The first-order valence-electron chi connectivity index (χ1n) is 20.9. The van der Waals surface area contributed by atoms with Crippen LogP contribution in [0, 0.1) is 12.1 Å². The molecule has 5 nitrogen and oxygen atoms in total. The molecule has 0 saturated carbocycles. The number of hydrogen-bond acceptors (Lipinski definition) is 3. The van der Waals surface area contributed by atoms with Crippen LogP contribution in [0.3, 0.4) is 0 Å². The van der Waals surface area contributed by atoms with Gasteiger partial charge in [-0.2, -0.15) is 6.07 Å². The van der Waals surface area contributed by atoms with E-state index in [1.54, 1.807) is 0 Å². The molecule has 6 heteroatoms. The van der Waals surface area contributed by atoms with Gasteiger partial charge in [0.15, 0.2) is 0 Å². The Bertz CT molecular complexity index is 3670. The second-order valence-electron chi connectivity index (χ2n) is 15.9. The van der Waals surface area contributed by atoms with Crippen molar-refractivity contribution in [2.45, 2.75) is 5.41 Å². The van der Waals surface area contributed by atoms with E-state index < -0.39 is 5.41 Å². The molecule has 4 aromatic heterocycles. The van der Waals surface area contributed by atoms with Gasteiger partial charge in [-0.1, -0.05) is 180 Å². The third kappa shape index (κ3) is 5.39. The maximum atomic E-state index is 6.89. The van der Waals surface area contributed by atoms with Crippen molar-refractivity contribution in [3.8, 4) is 39.7 Å². The van der Waals surface area contributed by atoms with Gasteiger partial charge in [0.25, 0.3) is 0 Å². The third-order valence-corrected chi connectivity index (χ3v) is 12.7. The smallest absolute Gasteiger partial charge is 0.503 e. The van der Waals surface area contributed by atoms with Crippen molar-refractivity contribution >= 4 is 49.3 Å². The molecule has 0 spiro atoms. The van der Waals surface area contributed by atoms with Crippen molar-refractivity contribution in [3.05, 3.63) is 241 Å². The minimum absolute atomic E-state index is 0. The summed E-state index contributed by atoms with van der Waals surface area (Å²) in [5.41, 5.74) is 12.9. The topological polar surface area (TPSA) is 44.4 Å². The SMILES string of the molecule is [Pd+2].[c-]1c(Oc2[c-]c3c(cc2)c2ccccc2n2c(-c4ccccc4)c(-c4ccccc4)nc32)ccc2c1-n1c3ncccc3c3cccc(c31)C2(c1ccccc1)c1ccccc1. The summed E-state index contributed by atoms with van der Waals surface area (Å²) < 4.78 is 11.5. The standard InChI is InChI=1S/C57H34N4O.Pd/c1-5-17-37(18-6-1)52-53(38-19-7-2-8-20-38)60-50-29-14-13-25-44(50)43-32-30-41(35-47(43)56(60)59-52)62-42-31-33-48-51(36-42)61-54-45(46-27-16-34-58-55(46)61)26-15-28-49(54)57(48,39-21-9-3-10-22-39)40-23-11-4-12-24-40;/h1-34H;/q-2;+2. The maximum Gasteiger partial charge on any atom is 2.00 e. The summed E-state index contributed by atoms with van der Waals surface area (Å²) in [5.74, 6) is 1.15. The Hall–Kier alpha value is -7.62. The van der Waals surface area contributed by atoms with E-state index in [0.717, 1.165) is 83.0 Å². The van der Waals surface area contributed by atoms with E-state index in [4.69, 9.17) is 14.7 Å². The Balaban J connectivity index is 0.00000421. The zero-order chi connectivity index (χ0) is 40.8. The van der Waals surface area contributed by atoms with Crippen molar-refractivity contribution in [1.29, 1.82) is 0 Å². The number of fused-ring (bicyclic) bond motifs is 11. The molecule has 0 aliphatic carbocycles. The molecule has 13 rings (SSSR count). The van der Waals surface area contributed by atoms with Crippen LogP contribution in [0.15, 0.2) is 206 Å². The van der Waals surface area contributed by atoms with Gasteiger partial charge in [0.1, 0.15) is 5.65 Å². The van der Waals surface area contributed by atoms with Crippen LogP contribution in [0.4, 0.5) is 0 Å². The van der Waals surface area contributed by atoms with E-state index in [0.29, 0.717) is 11.5 Å². The van der Waals surface area contributed by atoms with Crippen LogP contribution in [0.5, 0.6) is 11.5 Å². The molecule has 63 heavy (non-hydrogen) atoms. The first-order valence-corrected chi connectivity index (χ1v) is 20.9. The summed E-state index contributed by atoms with van der Waals surface area (Å²) in [6.45, 7) is 0. The van der Waals surface area contributed by atoms with Gasteiger partial charge in [-0.05, 0) is 45.8 Å². The molecule has 0 fully saturated rings. The summed E-state index contributed by atoms with van der Waals surface area (Å²) >= 11 is 0. The molecule has 0 atom stereocenters. The predicted molar refractivity (Wildman–Crippen MR) is 249 cm³/mol. The zero-order valence-corrected chi connectivity index (χ0v) is 35.2. The van der Waals surface area contributed by atoms with Gasteiger partial charge in [0, 0.05) is 45.0 Å². The second-order valence-corrected chi connectivity index (χ2v) is 15.9.